The molecule has 0 aliphatic carbocycles. The summed E-state index contributed by atoms with van der Waals surface area (Å²) in [5.74, 6) is -0.544. The van der Waals surface area contributed by atoms with E-state index < -0.39 is 23.8 Å². The average molecular weight is 536 g/mol. The van der Waals surface area contributed by atoms with Crippen molar-refractivity contribution in [1.29, 1.82) is 0 Å². The molecule has 2 aromatic rings. The first kappa shape index (κ1) is 26.1. The quantitative estimate of drug-likeness (QED) is 0.392. The molecule has 0 aromatic heterocycles. The highest BCUT2D eigenvalue weighted by Crippen LogP contribution is 2.39. The Morgan fingerprint density at radius 2 is 1.31 bits per heavy atom. The summed E-state index contributed by atoms with van der Waals surface area (Å²) in [5, 5.41) is 0. The maximum atomic E-state index is 13.7. The molecule has 3 aliphatic heterocycles. The van der Waals surface area contributed by atoms with Crippen LogP contribution < -0.4 is 23.8 Å². The van der Waals surface area contributed by atoms with E-state index in [1.165, 1.54) is 55.3 Å². The second-order valence-electron chi connectivity index (χ2n) is 9.42. The second-order valence-corrected chi connectivity index (χ2v) is 9.42. The largest absolute Gasteiger partial charge is 0.497 e. The van der Waals surface area contributed by atoms with Crippen LogP contribution in [0, 0.1) is 0 Å². The molecule has 2 fully saturated rings. The third-order valence-electron chi connectivity index (χ3n) is 7.31. The monoisotopic (exact) mass is 535 g/mol. The number of anilines is 1. The number of nitrogens with zero attached hydrogens (tertiary/aromatic N) is 3. The van der Waals surface area contributed by atoms with Gasteiger partial charge in [0.2, 0.25) is 5.91 Å². The van der Waals surface area contributed by atoms with Gasteiger partial charge in [-0.25, -0.2) is 0 Å². The van der Waals surface area contributed by atoms with E-state index in [4.69, 9.17) is 18.9 Å². The number of Topliss-reactive ketones (excluding diaryl/α,β-unsaturated/α-hetero) is 1. The molecule has 2 atom stereocenters. The Labute approximate surface area is 225 Å². The molecular weight excluding hydrogens is 506 g/mol. The highest BCUT2D eigenvalue weighted by molar-refractivity contribution is 6.43. The van der Waals surface area contributed by atoms with Gasteiger partial charge in [-0.15, -0.1) is 0 Å². The van der Waals surface area contributed by atoms with Crippen LogP contribution in [0.4, 0.5) is 5.69 Å². The number of ether oxygens (including phenoxy) is 4. The van der Waals surface area contributed by atoms with E-state index in [0.717, 1.165) is 0 Å². The number of amides is 3. The SMILES string of the molecule is COc1cc(OC)cc(C(=O)C(=O)N2[C@@H]3CCC[C@H]2C(=O)N2CC(=O)N(c4cc(OC)cc(OC)c4)C=C32)c1. The van der Waals surface area contributed by atoms with Gasteiger partial charge in [-0.2, -0.15) is 0 Å². The van der Waals surface area contributed by atoms with Gasteiger partial charge in [0.05, 0.1) is 45.9 Å². The number of hydrogen-bond acceptors (Lipinski definition) is 8. The highest BCUT2D eigenvalue weighted by atomic mass is 16.5. The summed E-state index contributed by atoms with van der Waals surface area (Å²) in [6.07, 6.45) is 3.21. The predicted octanol–water partition coefficient (Wildman–Crippen LogP) is 2.38. The standard InChI is InChI=1S/C28H29N3O8/c1-36-18-8-16(9-19(12-18)37-2)26(33)28(35)31-22-6-5-7-23(31)27(34)30-15-25(32)29(14-24(22)30)17-10-20(38-3)13-21(11-17)39-4/h8-14,22-23H,5-7,15H2,1-4H3/t22-,23+/m1/s1. The van der Waals surface area contributed by atoms with Crippen molar-refractivity contribution in [3.8, 4) is 23.0 Å². The number of methoxy groups -OCH3 is 4. The first-order chi connectivity index (χ1) is 18.8. The van der Waals surface area contributed by atoms with Crippen molar-refractivity contribution >= 4 is 29.2 Å². The number of benzene rings is 2. The summed E-state index contributed by atoms with van der Waals surface area (Å²) in [6, 6.07) is 8.19. The fourth-order valence-corrected chi connectivity index (χ4v) is 5.37. The fraction of sp³-hybridized carbons (Fsp3) is 0.357. The van der Waals surface area contributed by atoms with Gasteiger partial charge in [0, 0.05) is 36.0 Å². The molecule has 0 spiro atoms. The van der Waals surface area contributed by atoms with Gasteiger partial charge in [0.25, 0.3) is 17.6 Å². The first-order valence-electron chi connectivity index (χ1n) is 12.5. The third-order valence-corrected chi connectivity index (χ3v) is 7.31. The van der Waals surface area contributed by atoms with Crippen LogP contribution in [0.2, 0.25) is 0 Å². The molecule has 39 heavy (non-hydrogen) atoms. The Hall–Kier alpha value is -4.54. The Morgan fingerprint density at radius 1 is 0.769 bits per heavy atom. The van der Waals surface area contributed by atoms with Crippen molar-refractivity contribution in [2.24, 2.45) is 0 Å². The Balaban J connectivity index is 1.53. The molecule has 2 aromatic carbocycles. The number of piperazine rings is 1. The number of ketones is 1. The smallest absolute Gasteiger partial charge is 0.296 e. The molecule has 204 valence electrons. The molecule has 0 saturated carbocycles. The number of carbonyl (C=O) groups excluding carboxylic acids is 4. The van der Waals surface area contributed by atoms with Crippen LogP contribution >= 0.6 is 0 Å². The van der Waals surface area contributed by atoms with Crippen LogP contribution in [0.1, 0.15) is 29.6 Å². The zero-order valence-corrected chi connectivity index (χ0v) is 22.1. The summed E-state index contributed by atoms with van der Waals surface area (Å²) < 4.78 is 21.2. The van der Waals surface area contributed by atoms with Crippen LogP contribution in [0.25, 0.3) is 0 Å². The van der Waals surface area contributed by atoms with E-state index in [9.17, 15) is 19.2 Å². The molecule has 3 heterocycles. The predicted molar refractivity (Wildman–Crippen MR) is 139 cm³/mol. The van der Waals surface area contributed by atoms with Gasteiger partial charge in [-0.1, -0.05) is 0 Å². The lowest BCUT2D eigenvalue weighted by molar-refractivity contribution is -0.154. The van der Waals surface area contributed by atoms with Crippen molar-refractivity contribution in [2.45, 2.75) is 31.3 Å². The Morgan fingerprint density at radius 3 is 1.87 bits per heavy atom. The van der Waals surface area contributed by atoms with Gasteiger partial charge in [0.1, 0.15) is 35.6 Å². The molecular formula is C28H29N3O8. The maximum absolute atomic E-state index is 13.7. The highest BCUT2D eigenvalue weighted by Gasteiger charge is 2.51. The molecule has 5 rings (SSSR count). The molecule has 3 aliphatic rings. The molecule has 0 radical (unpaired) electrons. The lowest BCUT2D eigenvalue weighted by atomic mass is 9.86. The minimum absolute atomic E-state index is 0.0991. The summed E-state index contributed by atoms with van der Waals surface area (Å²) in [4.78, 5) is 58.1. The van der Waals surface area contributed by atoms with Crippen LogP contribution in [-0.2, 0) is 14.4 Å². The lowest BCUT2D eigenvalue weighted by Crippen LogP contribution is -2.67. The van der Waals surface area contributed by atoms with Crippen molar-refractivity contribution in [3.05, 3.63) is 53.9 Å². The van der Waals surface area contributed by atoms with Crippen molar-refractivity contribution in [1.82, 2.24) is 9.80 Å². The average Bonchev–Trinajstić information content (AvgIpc) is 2.98. The minimum atomic E-state index is -0.832. The fourth-order valence-electron chi connectivity index (χ4n) is 5.37. The van der Waals surface area contributed by atoms with E-state index in [1.54, 1.807) is 30.5 Å². The summed E-state index contributed by atoms with van der Waals surface area (Å²) in [6.45, 7) is -0.180. The normalized spacial score (nSPS) is 20.2. The second kappa shape index (κ2) is 10.3. The first-order valence-corrected chi connectivity index (χ1v) is 12.5. The van der Waals surface area contributed by atoms with Crippen LogP contribution in [0.3, 0.4) is 0 Å². The number of carbonyl (C=O) groups is 4. The minimum Gasteiger partial charge on any atom is -0.497 e. The van der Waals surface area contributed by atoms with E-state index in [2.05, 4.69) is 0 Å². The van der Waals surface area contributed by atoms with Crippen LogP contribution in [0.15, 0.2) is 48.3 Å². The van der Waals surface area contributed by atoms with E-state index in [0.29, 0.717) is 53.6 Å². The number of piperidine rings is 1. The summed E-state index contributed by atoms with van der Waals surface area (Å²) in [7, 11) is 5.93. The van der Waals surface area contributed by atoms with Crippen LogP contribution in [-0.4, -0.2) is 80.4 Å². The molecule has 0 N–H and O–H groups in total. The van der Waals surface area contributed by atoms with Crippen molar-refractivity contribution in [3.63, 3.8) is 0 Å². The van der Waals surface area contributed by atoms with Gasteiger partial charge in [0.15, 0.2) is 0 Å². The number of fused-ring (bicyclic) bond motifs is 4. The van der Waals surface area contributed by atoms with Gasteiger partial charge in [-0.05, 0) is 31.4 Å². The van der Waals surface area contributed by atoms with E-state index in [-0.39, 0.29) is 23.9 Å². The van der Waals surface area contributed by atoms with E-state index >= 15 is 0 Å². The Kier molecular flexibility index (Phi) is 6.90. The number of hydrogen-bond donors (Lipinski definition) is 0. The van der Waals surface area contributed by atoms with Gasteiger partial charge in [-0.3, -0.25) is 24.1 Å². The van der Waals surface area contributed by atoms with Crippen molar-refractivity contribution in [2.75, 3.05) is 39.9 Å². The lowest BCUT2D eigenvalue weighted by Gasteiger charge is -2.51. The van der Waals surface area contributed by atoms with Crippen molar-refractivity contribution < 1.29 is 38.1 Å². The zero-order chi connectivity index (χ0) is 27.8. The Bertz CT molecular complexity index is 1340. The summed E-state index contributed by atoms with van der Waals surface area (Å²) >= 11 is 0. The molecule has 0 unspecified atom stereocenters. The van der Waals surface area contributed by atoms with Gasteiger partial charge >= 0.3 is 0 Å². The number of rotatable bonds is 7. The molecule has 11 nitrogen and oxygen atoms in total. The van der Waals surface area contributed by atoms with Crippen LogP contribution in [0.5, 0.6) is 23.0 Å². The van der Waals surface area contributed by atoms with Gasteiger partial charge < -0.3 is 28.7 Å². The van der Waals surface area contributed by atoms with E-state index in [1.807, 2.05) is 0 Å². The maximum Gasteiger partial charge on any atom is 0.296 e. The summed E-state index contributed by atoms with van der Waals surface area (Å²) in [5.41, 5.74) is 1.08. The topological polar surface area (TPSA) is 115 Å². The zero-order valence-electron chi connectivity index (χ0n) is 22.1. The third kappa shape index (κ3) is 4.53. The molecule has 2 saturated heterocycles. The molecule has 11 heteroatoms. The molecule has 2 bridgehead atoms. The molecule has 3 amide bonds.